The Hall–Kier alpha value is -1.90. The van der Waals surface area contributed by atoms with Crippen LogP contribution in [0.2, 0.25) is 0 Å². The van der Waals surface area contributed by atoms with E-state index in [0.717, 1.165) is 11.3 Å². The van der Waals surface area contributed by atoms with Gasteiger partial charge in [-0.3, -0.25) is 4.79 Å². The molecule has 1 aromatic carbocycles. The average molecular weight is 302 g/mol. The van der Waals surface area contributed by atoms with Crippen LogP contribution in [0.3, 0.4) is 0 Å². The molecule has 0 radical (unpaired) electrons. The van der Waals surface area contributed by atoms with E-state index in [1.54, 1.807) is 0 Å². The highest BCUT2D eigenvalue weighted by atomic mass is 32.1. The molecule has 0 aliphatic rings. The van der Waals surface area contributed by atoms with Gasteiger partial charge in [0.1, 0.15) is 6.54 Å². The van der Waals surface area contributed by atoms with Crippen LogP contribution in [0.5, 0.6) is 0 Å². The summed E-state index contributed by atoms with van der Waals surface area (Å²) in [5.74, 6) is 2.25. The number of benzene rings is 1. The Morgan fingerprint density at radius 1 is 1.45 bits per heavy atom. The summed E-state index contributed by atoms with van der Waals surface area (Å²) in [5.41, 5.74) is 3.20. The normalized spacial score (nSPS) is 10.0. The summed E-state index contributed by atoms with van der Waals surface area (Å²) in [7, 11) is 0. The fourth-order valence-electron chi connectivity index (χ4n) is 1.78. The smallest absolute Gasteiger partial charge is 0.240 e. The molecular weight excluding hydrogens is 288 g/mol. The SMILES string of the molecule is C#CCNC(=O)Cn1c(-c2ccc(C)cc2)csc1=S. The van der Waals surface area contributed by atoms with Crippen molar-refractivity contribution in [3.8, 4) is 23.6 Å². The van der Waals surface area contributed by atoms with E-state index in [9.17, 15) is 4.79 Å². The third kappa shape index (κ3) is 3.35. The lowest BCUT2D eigenvalue weighted by Gasteiger charge is -2.08. The Balaban J connectivity index is 2.28. The summed E-state index contributed by atoms with van der Waals surface area (Å²) < 4.78 is 2.51. The molecule has 2 rings (SSSR count). The standard InChI is InChI=1S/C15H14N2OS2/c1-3-8-16-14(18)9-17-13(10-20-15(17)19)12-6-4-11(2)5-7-12/h1,4-7,10H,8-9H2,2H3,(H,16,18). The van der Waals surface area contributed by atoms with Gasteiger partial charge in [0.25, 0.3) is 0 Å². The Bertz CT molecular complexity index is 705. The van der Waals surface area contributed by atoms with Gasteiger partial charge in [-0.05, 0) is 24.7 Å². The van der Waals surface area contributed by atoms with Gasteiger partial charge in [-0.25, -0.2) is 0 Å². The van der Waals surface area contributed by atoms with Crippen LogP contribution < -0.4 is 5.32 Å². The first-order valence-corrected chi connectivity index (χ1v) is 7.36. The molecule has 20 heavy (non-hydrogen) atoms. The summed E-state index contributed by atoms with van der Waals surface area (Å²) in [4.78, 5) is 11.8. The number of carbonyl (C=O) groups is 1. The molecule has 102 valence electrons. The van der Waals surface area contributed by atoms with Gasteiger partial charge in [-0.15, -0.1) is 17.8 Å². The summed E-state index contributed by atoms with van der Waals surface area (Å²) in [6, 6.07) is 8.14. The number of nitrogens with zero attached hydrogens (tertiary/aromatic N) is 1. The maximum Gasteiger partial charge on any atom is 0.240 e. The molecule has 3 nitrogen and oxygen atoms in total. The van der Waals surface area contributed by atoms with Gasteiger partial charge in [0.05, 0.1) is 12.2 Å². The van der Waals surface area contributed by atoms with Gasteiger partial charge < -0.3 is 9.88 Å². The Kier molecular flexibility index (Phi) is 4.72. The molecule has 0 spiro atoms. The predicted octanol–water partition coefficient (Wildman–Crippen LogP) is 3.00. The fraction of sp³-hybridized carbons (Fsp3) is 0.200. The summed E-state index contributed by atoms with van der Waals surface area (Å²) >= 11 is 6.74. The van der Waals surface area contributed by atoms with E-state index in [1.807, 2.05) is 41.1 Å². The van der Waals surface area contributed by atoms with E-state index in [4.69, 9.17) is 18.6 Å². The molecule has 1 aromatic heterocycles. The first kappa shape index (κ1) is 14.5. The van der Waals surface area contributed by atoms with Crippen molar-refractivity contribution in [2.75, 3.05) is 6.54 Å². The quantitative estimate of drug-likeness (QED) is 0.696. The van der Waals surface area contributed by atoms with Crippen molar-refractivity contribution in [3.05, 3.63) is 39.2 Å². The van der Waals surface area contributed by atoms with Crippen molar-refractivity contribution in [3.63, 3.8) is 0 Å². The lowest BCUT2D eigenvalue weighted by atomic mass is 10.1. The molecule has 1 amide bonds. The molecule has 0 fully saturated rings. The Labute approximate surface area is 127 Å². The zero-order valence-corrected chi connectivity index (χ0v) is 12.7. The first-order chi connectivity index (χ1) is 9.61. The molecule has 2 aromatic rings. The highest BCUT2D eigenvalue weighted by molar-refractivity contribution is 7.73. The molecule has 0 atom stereocenters. The van der Waals surface area contributed by atoms with E-state index < -0.39 is 0 Å². The van der Waals surface area contributed by atoms with Crippen molar-refractivity contribution < 1.29 is 4.79 Å². The highest BCUT2D eigenvalue weighted by Gasteiger charge is 2.10. The van der Waals surface area contributed by atoms with Gasteiger partial charge in [0.15, 0.2) is 3.95 Å². The van der Waals surface area contributed by atoms with Crippen LogP contribution in [0.1, 0.15) is 5.56 Å². The minimum absolute atomic E-state index is 0.134. The van der Waals surface area contributed by atoms with E-state index in [2.05, 4.69) is 11.2 Å². The minimum atomic E-state index is -0.134. The Morgan fingerprint density at radius 2 is 2.15 bits per heavy atom. The molecule has 0 saturated carbocycles. The molecular formula is C15H14N2OS2. The van der Waals surface area contributed by atoms with Crippen LogP contribution in [0, 0.1) is 23.2 Å². The van der Waals surface area contributed by atoms with Crippen LogP contribution in [-0.2, 0) is 11.3 Å². The molecule has 0 unspecified atom stereocenters. The Morgan fingerprint density at radius 3 is 2.80 bits per heavy atom. The average Bonchev–Trinajstić information content (AvgIpc) is 2.79. The lowest BCUT2D eigenvalue weighted by molar-refractivity contribution is -0.121. The van der Waals surface area contributed by atoms with Gasteiger partial charge >= 0.3 is 0 Å². The number of nitrogens with one attached hydrogen (secondary N) is 1. The van der Waals surface area contributed by atoms with Crippen molar-refractivity contribution in [2.24, 2.45) is 0 Å². The number of hydrogen-bond acceptors (Lipinski definition) is 3. The third-order valence-electron chi connectivity index (χ3n) is 2.82. The van der Waals surface area contributed by atoms with E-state index in [0.29, 0.717) is 3.95 Å². The van der Waals surface area contributed by atoms with Gasteiger partial charge in [-0.2, -0.15) is 0 Å². The number of aromatic nitrogens is 1. The number of thiazole rings is 1. The number of terminal acetylenes is 1. The van der Waals surface area contributed by atoms with E-state index >= 15 is 0 Å². The second-order valence-corrected chi connectivity index (χ2v) is 5.82. The zero-order chi connectivity index (χ0) is 14.5. The van der Waals surface area contributed by atoms with E-state index in [1.165, 1.54) is 16.9 Å². The third-order valence-corrected chi connectivity index (χ3v) is 4.09. The maximum absolute atomic E-state index is 11.8. The van der Waals surface area contributed by atoms with Gasteiger partial charge in [0, 0.05) is 5.38 Å². The lowest BCUT2D eigenvalue weighted by Crippen LogP contribution is -2.27. The molecule has 0 aliphatic heterocycles. The summed E-state index contributed by atoms with van der Waals surface area (Å²) in [6.07, 6.45) is 5.13. The second kappa shape index (κ2) is 6.51. The minimum Gasteiger partial charge on any atom is -0.344 e. The molecule has 1 heterocycles. The number of carbonyl (C=O) groups excluding carboxylic acids is 1. The van der Waals surface area contributed by atoms with Crippen LogP contribution in [0.15, 0.2) is 29.6 Å². The maximum atomic E-state index is 11.8. The van der Waals surface area contributed by atoms with Crippen LogP contribution in [0.4, 0.5) is 0 Å². The van der Waals surface area contributed by atoms with Crippen molar-refractivity contribution in [1.82, 2.24) is 9.88 Å². The van der Waals surface area contributed by atoms with Gasteiger partial charge in [-0.1, -0.05) is 35.7 Å². The van der Waals surface area contributed by atoms with Crippen LogP contribution in [0.25, 0.3) is 11.3 Å². The molecule has 0 saturated heterocycles. The molecule has 0 bridgehead atoms. The summed E-state index contributed by atoms with van der Waals surface area (Å²) in [5, 5.41) is 4.62. The van der Waals surface area contributed by atoms with Gasteiger partial charge in [0.2, 0.25) is 5.91 Å². The van der Waals surface area contributed by atoms with Crippen molar-refractivity contribution in [1.29, 1.82) is 0 Å². The molecule has 5 heteroatoms. The number of rotatable bonds is 4. The number of aryl methyl sites for hydroxylation is 1. The van der Waals surface area contributed by atoms with Crippen molar-refractivity contribution in [2.45, 2.75) is 13.5 Å². The van der Waals surface area contributed by atoms with Crippen LogP contribution in [-0.4, -0.2) is 17.0 Å². The number of hydrogen-bond donors (Lipinski definition) is 1. The second-order valence-electron chi connectivity index (χ2n) is 4.32. The molecule has 0 aliphatic carbocycles. The van der Waals surface area contributed by atoms with Crippen molar-refractivity contribution >= 4 is 29.5 Å². The first-order valence-electron chi connectivity index (χ1n) is 6.07. The number of amides is 1. The zero-order valence-electron chi connectivity index (χ0n) is 11.1. The predicted molar refractivity (Wildman–Crippen MR) is 85.2 cm³/mol. The summed E-state index contributed by atoms with van der Waals surface area (Å²) in [6.45, 7) is 2.46. The fourth-order valence-corrected chi connectivity index (χ4v) is 2.85. The largest absolute Gasteiger partial charge is 0.344 e. The monoisotopic (exact) mass is 302 g/mol. The highest BCUT2D eigenvalue weighted by Crippen LogP contribution is 2.24. The molecule has 1 N–H and O–H groups in total. The topological polar surface area (TPSA) is 34.0 Å². The van der Waals surface area contributed by atoms with E-state index in [-0.39, 0.29) is 19.0 Å². The van der Waals surface area contributed by atoms with Crippen LogP contribution >= 0.6 is 23.6 Å².